The molecule has 0 spiro atoms. The highest BCUT2D eigenvalue weighted by atomic mass is 32.2. The van der Waals surface area contributed by atoms with Gasteiger partial charge in [0.1, 0.15) is 0 Å². The fraction of sp³-hybridized carbons (Fsp3) is 0.455. The summed E-state index contributed by atoms with van der Waals surface area (Å²) in [6.45, 7) is 0.0605. The highest BCUT2D eigenvalue weighted by Gasteiger charge is 2.27. The van der Waals surface area contributed by atoms with E-state index < -0.39 is 5.51 Å². The molecule has 1 aromatic carbocycles. The summed E-state index contributed by atoms with van der Waals surface area (Å²) in [5.41, 5.74) is -3.32. The standard InChI is InChI=1S/C11H14F3NOS/c12-11(13,14)17-7-6-15-10(8-16)9-4-2-1-3-5-9/h1-5,10,15-16H,6-8H2. The van der Waals surface area contributed by atoms with Crippen LogP contribution in [0.5, 0.6) is 0 Å². The molecular weight excluding hydrogens is 251 g/mol. The molecular formula is C11H14F3NOS. The van der Waals surface area contributed by atoms with E-state index in [1.54, 1.807) is 0 Å². The van der Waals surface area contributed by atoms with Gasteiger partial charge in [0.05, 0.1) is 12.6 Å². The Hall–Kier alpha value is -0.720. The number of hydrogen-bond acceptors (Lipinski definition) is 3. The van der Waals surface area contributed by atoms with Crippen LogP contribution in [0, 0.1) is 0 Å². The van der Waals surface area contributed by atoms with Crippen molar-refractivity contribution in [1.82, 2.24) is 5.32 Å². The number of benzene rings is 1. The Bertz CT molecular complexity index is 318. The fourth-order valence-electron chi connectivity index (χ4n) is 1.37. The Morgan fingerprint density at radius 1 is 1.24 bits per heavy atom. The second kappa shape index (κ2) is 6.88. The molecule has 1 atom stereocenters. The monoisotopic (exact) mass is 265 g/mol. The maximum absolute atomic E-state index is 11.9. The van der Waals surface area contributed by atoms with Gasteiger partial charge in [0.15, 0.2) is 0 Å². The summed E-state index contributed by atoms with van der Waals surface area (Å²) in [6.07, 6.45) is 0. The molecule has 0 fully saturated rings. The van der Waals surface area contributed by atoms with Gasteiger partial charge in [-0.15, -0.1) is 0 Å². The highest BCUT2D eigenvalue weighted by molar-refractivity contribution is 8.00. The Kier molecular flexibility index (Phi) is 5.80. The van der Waals surface area contributed by atoms with E-state index in [1.807, 2.05) is 30.3 Å². The third-order valence-electron chi connectivity index (χ3n) is 2.14. The molecule has 96 valence electrons. The average Bonchev–Trinajstić information content (AvgIpc) is 2.29. The summed E-state index contributed by atoms with van der Waals surface area (Å²) in [7, 11) is 0. The largest absolute Gasteiger partial charge is 0.441 e. The lowest BCUT2D eigenvalue weighted by Crippen LogP contribution is -2.27. The summed E-state index contributed by atoms with van der Waals surface area (Å²) < 4.78 is 35.6. The molecule has 0 radical (unpaired) electrons. The van der Waals surface area contributed by atoms with Crippen molar-refractivity contribution in [3.05, 3.63) is 35.9 Å². The summed E-state index contributed by atoms with van der Waals surface area (Å²) in [5.74, 6) is -0.0627. The Labute approximate surface area is 102 Å². The summed E-state index contributed by atoms with van der Waals surface area (Å²) in [6, 6.07) is 8.83. The summed E-state index contributed by atoms with van der Waals surface area (Å²) in [4.78, 5) is 0. The SMILES string of the molecule is OCC(NCCSC(F)(F)F)c1ccccc1. The van der Waals surface area contributed by atoms with Gasteiger partial charge >= 0.3 is 5.51 Å². The topological polar surface area (TPSA) is 32.3 Å². The zero-order valence-corrected chi connectivity index (χ0v) is 9.89. The normalized spacial score (nSPS) is 13.6. The van der Waals surface area contributed by atoms with Crippen molar-refractivity contribution in [3.8, 4) is 0 Å². The molecule has 0 aliphatic carbocycles. The minimum absolute atomic E-state index is 0.0627. The second-order valence-corrected chi connectivity index (χ2v) is 4.55. The first-order chi connectivity index (χ1) is 8.03. The predicted molar refractivity (Wildman–Crippen MR) is 62.8 cm³/mol. The van der Waals surface area contributed by atoms with E-state index in [4.69, 9.17) is 5.11 Å². The molecule has 17 heavy (non-hydrogen) atoms. The van der Waals surface area contributed by atoms with E-state index in [2.05, 4.69) is 5.32 Å². The molecule has 0 heterocycles. The fourth-order valence-corrected chi connectivity index (χ4v) is 1.82. The lowest BCUT2D eigenvalue weighted by molar-refractivity contribution is -0.0327. The van der Waals surface area contributed by atoms with Crippen LogP contribution in [0.1, 0.15) is 11.6 Å². The molecule has 0 aromatic heterocycles. The zero-order chi connectivity index (χ0) is 12.7. The third-order valence-corrected chi connectivity index (χ3v) is 2.88. The number of alkyl halides is 3. The van der Waals surface area contributed by atoms with E-state index in [9.17, 15) is 13.2 Å². The molecule has 0 amide bonds. The molecule has 2 nitrogen and oxygen atoms in total. The molecule has 6 heteroatoms. The summed E-state index contributed by atoms with van der Waals surface area (Å²) in [5, 5.41) is 12.0. The van der Waals surface area contributed by atoms with Crippen LogP contribution in [0.3, 0.4) is 0 Å². The van der Waals surface area contributed by atoms with Crippen molar-refractivity contribution in [3.63, 3.8) is 0 Å². The van der Waals surface area contributed by atoms with Gasteiger partial charge in [-0.3, -0.25) is 0 Å². The van der Waals surface area contributed by atoms with Crippen LogP contribution in [0.15, 0.2) is 30.3 Å². The minimum atomic E-state index is -4.19. The Balaban J connectivity index is 2.34. The molecule has 0 bridgehead atoms. The van der Waals surface area contributed by atoms with E-state index in [1.165, 1.54) is 0 Å². The third kappa shape index (κ3) is 5.95. The van der Waals surface area contributed by atoms with E-state index in [0.717, 1.165) is 5.56 Å². The first-order valence-corrected chi connectivity index (χ1v) is 6.11. The van der Waals surface area contributed by atoms with Crippen LogP contribution < -0.4 is 5.32 Å². The molecule has 1 aromatic rings. The van der Waals surface area contributed by atoms with Crippen LogP contribution in [-0.2, 0) is 0 Å². The van der Waals surface area contributed by atoms with Gasteiger partial charge in [0.25, 0.3) is 0 Å². The van der Waals surface area contributed by atoms with Gasteiger partial charge in [-0.25, -0.2) is 0 Å². The number of aliphatic hydroxyl groups excluding tert-OH is 1. The van der Waals surface area contributed by atoms with Crippen molar-refractivity contribution in [2.75, 3.05) is 18.9 Å². The average molecular weight is 265 g/mol. The number of rotatable bonds is 6. The van der Waals surface area contributed by atoms with E-state index >= 15 is 0 Å². The van der Waals surface area contributed by atoms with Crippen LogP contribution in [0.2, 0.25) is 0 Å². The van der Waals surface area contributed by atoms with Crippen LogP contribution >= 0.6 is 11.8 Å². The molecule has 2 N–H and O–H groups in total. The summed E-state index contributed by atoms with van der Waals surface area (Å²) >= 11 is -0.0629. The van der Waals surface area contributed by atoms with Crippen molar-refractivity contribution in [2.45, 2.75) is 11.6 Å². The van der Waals surface area contributed by atoms with Crippen LogP contribution in [0.25, 0.3) is 0 Å². The number of hydrogen-bond donors (Lipinski definition) is 2. The quantitative estimate of drug-likeness (QED) is 0.775. The van der Waals surface area contributed by atoms with Crippen molar-refractivity contribution in [2.24, 2.45) is 0 Å². The van der Waals surface area contributed by atoms with Gasteiger partial charge in [0.2, 0.25) is 0 Å². The van der Waals surface area contributed by atoms with E-state index in [-0.39, 0.29) is 36.7 Å². The Morgan fingerprint density at radius 2 is 1.88 bits per heavy atom. The van der Waals surface area contributed by atoms with Crippen LogP contribution in [0.4, 0.5) is 13.2 Å². The van der Waals surface area contributed by atoms with Crippen molar-refractivity contribution < 1.29 is 18.3 Å². The number of nitrogens with one attached hydrogen (secondary N) is 1. The molecule has 0 saturated carbocycles. The number of thioether (sulfide) groups is 1. The highest BCUT2D eigenvalue weighted by Crippen LogP contribution is 2.29. The van der Waals surface area contributed by atoms with Gasteiger partial charge in [-0.05, 0) is 17.3 Å². The van der Waals surface area contributed by atoms with Gasteiger partial charge < -0.3 is 10.4 Å². The van der Waals surface area contributed by atoms with Crippen LogP contribution in [-0.4, -0.2) is 29.5 Å². The van der Waals surface area contributed by atoms with E-state index in [0.29, 0.717) is 0 Å². The molecule has 0 aliphatic rings. The first kappa shape index (κ1) is 14.3. The zero-order valence-electron chi connectivity index (χ0n) is 9.07. The lowest BCUT2D eigenvalue weighted by atomic mass is 10.1. The maximum Gasteiger partial charge on any atom is 0.441 e. The molecule has 0 aliphatic heterocycles. The molecule has 1 rings (SSSR count). The second-order valence-electron chi connectivity index (χ2n) is 3.39. The minimum Gasteiger partial charge on any atom is -0.394 e. The predicted octanol–water partition coefficient (Wildman–Crippen LogP) is 2.56. The molecule has 0 saturated heterocycles. The number of aliphatic hydroxyl groups is 1. The number of halogens is 3. The lowest BCUT2D eigenvalue weighted by Gasteiger charge is -2.16. The van der Waals surface area contributed by atoms with Crippen molar-refractivity contribution >= 4 is 11.8 Å². The smallest absolute Gasteiger partial charge is 0.394 e. The molecule has 1 unspecified atom stereocenters. The van der Waals surface area contributed by atoms with Gasteiger partial charge in [-0.1, -0.05) is 30.3 Å². The van der Waals surface area contributed by atoms with Gasteiger partial charge in [0, 0.05) is 12.3 Å². The maximum atomic E-state index is 11.9. The first-order valence-electron chi connectivity index (χ1n) is 5.13. The Morgan fingerprint density at radius 3 is 2.41 bits per heavy atom. The van der Waals surface area contributed by atoms with Gasteiger partial charge in [-0.2, -0.15) is 13.2 Å². The van der Waals surface area contributed by atoms with Crippen molar-refractivity contribution in [1.29, 1.82) is 0 Å².